The van der Waals surface area contributed by atoms with E-state index in [1.807, 2.05) is 24.3 Å². The lowest BCUT2D eigenvalue weighted by Gasteiger charge is -2.40. The first-order valence-corrected chi connectivity index (χ1v) is 13.3. The summed E-state index contributed by atoms with van der Waals surface area (Å²) in [5.74, 6) is 0.403. The van der Waals surface area contributed by atoms with Gasteiger partial charge in [-0.15, -0.1) is 15.3 Å². The molecule has 0 fully saturated rings. The molecular weight excluding hydrogens is 526 g/mol. The molecule has 0 saturated carbocycles. The lowest BCUT2D eigenvalue weighted by molar-refractivity contribution is 0.0868. The fourth-order valence-electron chi connectivity index (χ4n) is 5.81. The number of hydrogen-bond donors (Lipinski definition) is 2. The number of tetrazole rings is 1. The normalized spacial score (nSPS) is 16.6. The standard InChI is InChI=1S/C29H24ClN9O/c1-18-7-10-24-22(13-18)26(27-34-36-37-35-27)25-11-12-29(15-39(24)25,19-5-3-2-4-6-19)33-28(40)21-9-8-20(14-23(21)30)38-16-31-32-17-38/h2-10,13-14,16-17H,11-12,15H2,1H3,(H,33,40)(H,34,35,36,37). The summed E-state index contributed by atoms with van der Waals surface area (Å²) in [5, 5.41) is 27.4. The van der Waals surface area contributed by atoms with Gasteiger partial charge in [0.15, 0.2) is 5.82 Å². The highest BCUT2D eigenvalue weighted by Gasteiger charge is 2.40. The molecule has 7 rings (SSSR count). The summed E-state index contributed by atoms with van der Waals surface area (Å²) in [6.45, 7) is 2.61. The van der Waals surface area contributed by atoms with Gasteiger partial charge in [0.1, 0.15) is 12.7 Å². The molecule has 0 aliphatic carbocycles. The first-order chi connectivity index (χ1) is 19.5. The molecule has 0 bridgehead atoms. The molecular formula is C29H24ClN9O. The molecule has 1 unspecified atom stereocenters. The summed E-state index contributed by atoms with van der Waals surface area (Å²) >= 11 is 6.64. The molecule has 4 heterocycles. The van der Waals surface area contributed by atoms with Gasteiger partial charge in [-0.3, -0.25) is 9.36 Å². The fourth-order valence-corrected chi connectivity index (χ4v) is 6.07. The number of carbonyl (C=O) groups excluding carboxylic acids is 1. The zero-order valence-electron chi connectivity index (χ0n) is 21.5. The molecule has 3 aromatic heterocycles. The maximum atomic E-state index is 13.9. The smallest absolute Gasteiger partial charge is 0.253 e. The van der Waals surface area contributed by atoms with Crippen molar-refractivity contribution < 1.29 is 4.79 Å². The molecule has 198 valence electrons. The quantitative estimate of drug-likeness (QED) is 0.323. The van der Waals surface area contributed by atoms with Gasteiger partial charge in [0.05, 0.1) is 22.7 Å². The number of hydrogen-bond acceptors (Lipinski definition) is 6. The van der Waals surface area contributed by atoms with Gasteiger partial charge in [-0.1, -0.05) is 53.6 Å². The van der Waals surface area contributed by atoms with E-state index in [2.05, 4.69) is 78.0 Å². The largest absolute Gasteiger partial charge is 0.341 e. The Morgan fingerprint density at radius 3 is 2.62 bits per heavy atom. The molecule has 0 spiro atoms. The van der Waals surface area contributed by atoms with Crippen LogP contribution >= 0.6 is 11.6 Å². The van der Waals surface area contributed by atoms with Crippen molar-refractivity contribution in [1.82, 2.24) is 45.3 Å². The number of aromatic nitrogens is 8. The van der Waals surface area contributed by atoms with Crippen molar-refractivity contribution in [3.8, 4) is 17.1 Å². The van der Waals surface area contributed by atoms with Crippen molar-refractivity contribution in [3.63, 3.8) is 0 Å². The zero-order valence-corrected chi connectivity index (χ0v) is 22.3. The Balaban J connectivity index is 1.32. The van der Waals surface area contributed by atoms with E-state index < -0.39 is 5.54 Å². The van der Waals surface area contributed by atoms with E-state index >= 15 is 0 Å². The summed E-state index contributed by atoms with van der Waals surface area (Å²) in [5.41, 5.74) is 5.89. The Morgan fingerprint density at radius 1 is 1.05 bits per heavy atom. The van der Waals surface area contributed by atoms with E-state index in [4.69, 9.17) is 11.6 Å². The first kappa shape index (κ1) is 24.2. The summed E-state index contributed by atoms with van der Waals surface area (Å²) < 4.78 is 4.03. The van der Waals surface area contributed by atoms with Gasteiger partial charge in [-0.05, 0) is 66.1 Å². The maximum absolute atomic E-state index is 13.9. The average molecular weight is 550 g/mol. The molecule has 1 amide bonds. The number of nitrogens with zero attached hydrogens (tertiary/aromatic N) is 7. The van der Waals surface area contributed by atoms with Gasteiger partial charge in [0.2, 0.25) is 0 Å². The summed E-state index contributed by atoms with van der Waals surface area (Å²) in [7, 11) is 0. The highest BCUT2D eigenvalue weighted by atomic mass is 35.5. The molecule has 0 radical (unpaired) electrons. The Kier molecular flexibility index (Phi) is 5.71. The van der Waals surface area contributed by atoms with Crippen LogP contribution in [0.15, 0.2) is 79.4 Å². The number of amides is 1. The number of aryl methyl sites for hydroxylation is 1. The summed E-state index contributed by atoms with van der Waals surface area (Å²) in [6, 6.07) is 21.8. The van der Waals surface area contributed by atoms with Crippen LogP contribution in [0.3, 0.4) is 0 Å². The van der Waals surface area contributed by atoms with Crippen LogP contribution in [0, 0.1) is 6.92 Å². The summed E-state index contributed by atoms with van der Waals surface area (Å²) in [4.78, 5) is 13.9. The average Bonchev–Trinajstić information content (AvgIpc) is 3.74. The number of nitrogens with one attached hydrogen (secondary N) is 2. The number of benzene rings is 3. The van der Waals surface area contributed by atoms with Crippen LogP contribution in [0.25, 0.3) is 28.0 Å². The van der Waals surface area contributed by atoms with Crippen molar-refractivity contribution in [2.75, 3.05) is 0 Å². The summed E-state index contributed by atoms with van der Waals surface area (Å²) in [6.07, 6.45) is 4.56. The Bertz CT molecular complexity index is 1850. The van der Waals surface area contributed by atoms with E-state index in [0.717, 1.165) is 39.0 Å². The van der Waals surface area contributed by atoms with Gasteiger partial charge in [0.25, 0.3) is 5.91 Å². The number of rotatable bonds is 5. The van der Waals surface area contributed by atoms with Crippen molar-refractivity contribution in [2.24, 2.45) is 0 Å². The van der Waals surface area contributed by atoms with Crippen LogP contribution in [-0.4, -0.2) is 45.9 Å². The number of fused-ring (bicyclic) bond motifs is 3. The Morgan fingerprint density at radius 2 is 1.88 bits per heavy atom. The molecule has 0 saturated heterocycles. The van der Waals surface area contributed by atoms with E-state index in [1.54, 1.807) is 29.4 Å². The van der Waals surface area contributed by atoms with Gasteiger partial charge in [-0.25, -0.2) is 5.10 Å². The van der Waals surface area contributed by atoms with Gasteiger partial charge < -0.3 is 9.88 Å². The molecule has 1 aliphatic rings. The zero-order chi connectivity index (χ0) is 27.3. The minimum atomic E-state index is -0.671. The molecule has 2 N–H and O–H groups in total. The number of H-pyrrole nitrogens is 1. The molecule has 40 heavy (non-hydrogen) atoms. The lowest BCUT2D eigenvalue weighted by atomic mass is 9.81. The third-order valence-corrected chi connectivity index (χ3v) is 8.03. The molecule has 1 atom stereocenters. The predicted octanol–water partition coefficient (Wildman–Crippen LogP) is 4.64. The van der Waals surface area contributed by atoms with Gasteiger partial charge in [0, 0.05) is 27.8 Å². The molecule has 11 heteroatoms. The van der Waals surface area contributed by atoms with Crippen molar-refractivity contribution in [1.29, 1.82) is 0 Å². The topological polar surface area (TPSA) is 119 Å². The molecule has 6 aromatic rings. The molecule has 3 aromatic carbocycles. The van der Waals surface area contributed by atoms with Crippen molar-refractivity contribution in [2.45, 2.75) is 31.8 Å². The van der Waals surface area contributed by atoms with Crippen LogP contribution in [-0.2, 0) is 18.5 Å². The number of aromatic amines is 1. The minimum Gasteiger partial charge on any atom is -0.341 e. The SMILES string of the molecule is Cc1ccc2c(c1)c(-c1nnn[nH]1)c1n2CC(NC(=O)c2ccc(-n3cnnc3)cc2Cl)(c2ccccc2)CC1. The molecule has 10 nitrogen and oxygen atoms in total. The van der Waals surface area contributed by atoms with E-state index in [9.17, 15) is 4.79 Å². The van der Waals surface area contributed by atoms with Crippen LogP contribution in [0.2, 0.25) is 5.02 Å². The number of halogens is 1. The monoisotopic (exact) mass is 549 g/mol. The maximum Gasteiger partial charge on any atom is 0.253 e. The van der Waals surface area contributed by atoms with E-state index in [0.29, 0.717) is 35.8 Å². The Hall–Kier alpha value is -4.83. The Labute approximate surface area is 234 Å². The van der Waals surface area contributed by atoms with Crippen LogP contribution < -0.4 is 5.32 Å². The van der Waals surface area contributed by atoms with Crippen molar-refractivity contribution in [3.05, 3.63) is 107 Å². The van der Waals surface area contributed by atoms with Gasteiger partial charge >= 0.3 is 0 Å². The first-order valence-electron chi connectivity index (χ1n) is 12.9. The van der Waals surface area contributed by atoms with Crippen molar-refractivity contribution >= 4 is 28.4 Å². The second-order valence-corrected chi connectivity index (χ2v) is 10.5. The minimum absolute atomic E-state index is 0.237. The third kappa shape index (κ3) is 3.95. The molecule has 1 aliphatic heterocycles. The highest BCUT2D eigenvalue weighted by Crippen LogP contribution is 2.42. The van der Waals surface area contributed by atoms with E-state index in [1.165, 1.54) is 0 Å². The third-order valence-electron chi connectivity index (χ3n) is 7.72. The fraction of sp³-hybridized carbons (Fsp3) is 0.172. The van der Waals surface area contributed by atoms with Crippen LogP contribution in [0.1, 0.15) is 33.6 Å². The predicted molar refractivity (Wildman–Crippen MR) is 150 cm³/mol. The highest BCUT2D eigenvalue weighted by molar-refractivity contribution is 6.34. The number of carbonyl (C=O) groups is 1. The second kappa shape index (κ2) is 9.42. The second-order valence-electron chi connectivity index (χ2n) is 10.1. The van der Waals surface area contributed by atoms with Crippen LogP contribution in [0.5, 0.6) is 0 Å². The van der Waals surface area contributed by atoms with E-state index in [-0.39, 0.29) is 5.91 Å². The van der Waals surface area contributed by atoms with Crippen LogP contribution in [0.4, 0.5) is 0 Å². The lowest BCUT2D eigenvalue weighted by Crippen LogP contribution is -2.51. The van der Waals surface area contributed by atoms with Gasteiger partial charge in [-0.2, -0.15) is 0 Å².